The molecule has 0 bridgehead atoms. The molecule has 1 unspecified atom stereocenters. The highest BCUT2D eigenvalue weighted by molar-refractivity contribution is 7.80. The maximum Gasteiger partial charge on any atom is 0.356 e. The van der Waals surface area contributed by atoms with E-state index in [1.165, 1.54) is 12.1 Å². The molecule has 0 spiro atoms. The Balaban J connectivity index is 2.30. The lowest BCUT2D eigenvalue weighted by atomic mass is 10.1. The Morgan fingerprint density at radius 3 is 1.96 bits per heavy atom. The third-order valence-electron chi connectivity index (χ3n) is 3.75. The van der Waals surface area contributed by atoms with Crippen LogP contribution in [0.2, 0.25) is 0 Å². The Morgan fingerprint density at radius 2 is 1.54 bits per heavy atom. The number of methoxy groups -OCH3 is 3. The van der Waals surface area contributed by atoms with E-state index in [9.17, 15) is 4.57 Å². The van der Waals surface area contributed by atoms with Gasteiger partial charge in [-0.3, -0.25) is 4.57 Å². The predicted octanol–water partition coefficient (Wildman–Crippen LogP) is 3.20. The van der Waals surface area contributed by atoms with Crippen LogP contribution in [0.5, 0.6) is 17.2 Å². The lowest BCUT2D eigenvalue weighted by Gasteiger charge is -2.17. The second-order valence-electron chi connectivity index (χ2n) is 5.39. The Morgan fingerprint density at radius 1 is 1.00 bits per heavy atom. The second-order valence-corrected chi connectivity index (χ2v) is 7.55. The van der Waals surface area contributed by atoms with E-state index in [0.717, 1.165) is 11.1 Å². The molecule has 0 aliphatic heterocycles. The summed E-state index contributed by atoms with van der Waals surface area (Å²) in [6.45, 7) is 0. The molecule has 2 rings (SSSR count). The molecule has 0 aromatic heterocycles. The summed E-state index contributed by atoms with van der Waals surface area (Å²) in [6.07, 6.45) is 3.65. The van der Waals surface area contributed by atoms with Gasteiger partial charge in [0.25, 0.3) is 0 Å². The molecule has 2 aromatic carbocycles. The maximum absolute atomic E-state index is 11.2. The van der Waals surface area contributed by atoms with Gasteiger partial charge in [0.1, 0.15) is 17.2 Å². The van der Waals surface area contributed by atoms with Gasteiger partial charge in [0.2, 0.25) is 0 Å². The van der Waals surface area contributed by atoms with E-state index >= 15 is 0 Å². The van der Waals surface area contributed by atoms with Gasteiger partial charge >= 0.3 is 7.60 Å². The lowest BCUT2D eigenvalue weighted by Crippen LogP contribution is -2.02. The molecule has 140 valence electrons. The van der Waals surface area contributed by atoms with Crippen LogP contribution >= 0.6 is 20.2 Å². The monoisotopic (exact) mass is 396 g/mol. The van der Waals surface area contributed by atoms with Crippen LogP contribution in [0, 0.1) is 0 Å². The molecule has 2 N–H and O–H groups in total. The minimum atomic E-state index is -4.24. The molecule has 1 atom stereocenters. The lowest BCUT2D eigenvalue weighted by molar-refractivity contribution is 0.370. The number of hydrogen-bond donors (Lipinski definition) is 3. The maximum atomic E-state index is 11.2. The van der Waals surface area contributed by atoms with Crippen molar-refractivity contribution in [1.82, 2.24) is 0 Å². The second kappa shape index (κ2) is 8.64. The standard InChI is InChI=1S/C18H21O6PS/c1-22-13-10-15(23-2)18(16(11-13)24-3)17(26)9-6-12-4-7-14(8-5-12)25(19,20)21/h4-11,17,26H,1-3H3,(H2,19,20,21)/b9-6-. The van der Waals surface area contributed by atoms with Crippen LogP contribution in [-0.2, 0) is 4.57 Å². The molecule has 0 fully saturated rings. The SMILES string of the molecule is COc1cc(OC)c(C(S)/C=C\c2ccc(P(=O)(O)O)cc2)c(OC)c1. The number of thiol groups is 1. The topological polar surface area (TPSA) is 85.2 Å². The average molecular weight is 396 g/mol. The third kappa shape index (κ3) is 4.83. The molecule has 0 radical (unpaired) electrons. The first-order valence-electron chi connectivity index (χ1n) is 7.62. The zero-order valence-electron chi connectivity index (χ0n) is 14.6. The van der Waals surface area contributed by atoms with Crippen LogP contribution in [0.25, 0.3) is 6.08 Å². The molecule has 2 aromatic rings. The third-order valence-corrected chi connectivity index (χ3v) is 5.15. The van der Waals surface area contributed by atoms with Gasteiger partial charge in [-0.25, -0.2) is 0 Å². The van der Waals surface area contributed by atoms with E-state index in [1.807, 2.05) is 12.2 Å². The van der Waals surface area contributed by atoms with Gasteiger partial charge < -0.3 is 24.0 Å². The summed E-state index contributed by atoms with van der Waals surface area (Å²) in [6, 6.07) is 9.58. The minimum absolute atomic E-state index is 0.0180. The quantitative estimate of drug-likeness (QED) is 0.492. The first-order valence-corrected chi connectivity index (χ1v) is 9.75. The molecule has 0 aliphatic carbocycles. The summed E-state index contributed by atoms with van der Waals surface area (Å²) in [5, 5.41) is -0.345. The van der Waals surface area contributed by atoms with E-state index < -0.39 is 7.60 Å². The number of benzene rings is 2. The molecule has 0 saturated carbocycles. The van der Waals surface area contributed by atoms with Crippen molar-refractivity contribution in [3.05, 3.63) is 53.6 Å². The van der Waals surface area contributed by atoms with Gasteiger partial charge in [0, 0.05) is 12.1 Å². The van der Waals surface area contributed by atoms with E-state index in [0.29, 0.717) is 17.2 Å². The van der Waals surface area contributed by atoms with Gasteiger partial charge in [-0.05, 0) is 17.7 Å². The van der Waals surface area contributed by atoms with Crippen molar-refractivity contribution in [3.8, 4) is 17.2 Å². The summed E-state index contributed by atoms with van der Waals surface area (Å²) < 4.78 is 27.3. The molecular formula is C18H21O6PS. The molecule has 26 heavy (non-hydrogen) atoms. The molecule has 0 heterocycles. The van der Waals surface area contributed by atoms with Crippen LogP contribution in [0.1, 0.15) is 16.4 Å². The summed E-state index contributed by atoms with van der Waals surface area (Å²) in [5.74, 6) is 1.78. The fourth-order valence-electron chi connectivity index (χ4n) is 2.40. The van der Waals surface area contributed by atoms with Crippen molar-refractivity contribution >= 4 is 31.6 Å². The summed E-state index contributed by atoms with van der Waals surface area (Å²) in [4.78, 5) is 18.3. The number of ether oxygens (including phenoxy) is 3. The summed E-state index contributed by atoms with van der Waals surface area (Å²) >= 11 is 4.61. The molecule has 0 amide bonds. The van der Waals surface area contributed by atoms with Gasteiger partial charge in [-0.1, -0.05) is 24.3 Å². The number of hydrogen-bond acceptors (Lipinski definition) is 5. The van der Waals surface area contributed by atoms with Gasteiger partial charge in [-0.2, -0.15) is 12.6 Å². The average Bonchev–Trinajstić information content (AvgIpc) is 2.64. The van der Waals surface area contributed by atoms with Crippen molar-refractivity contribution in [3.63, 3.8) is 0 Å². The highest BCUT2D eigenvalue weighted by Crippen LogP contribution is 2.41. The molecule has 8 heteroatoms. The molecule has 0 aliphatic rings. The Kier molecular flexibility index (Phi) is 6.78. The van der Waals surface area contributed by atoms with Gasteiger partial charge in [0.15, 0.2) is 0 Å². The highest BCUT2D eigenvalue weighted by Gasteiger charge is 2.18. The van der Waals surface area contributed by atoms with E-state index in [-0.39, 0.29) is 10.6 Å². The normalized spacial score (nSPS) is 12.8. The summed E-state index contributed by atoms with van der Waals surface area (Å²) in [7, 11) is 0.442. The van der Waals surface area contributed by atoms with Crippen molar-refractivity contribution in [1.29, 1.82) is 0 Å². The smallest absolute Gasteiger partial charge is 0.356 e. The fourth-order valence-corrected chi connectivity index (χ4v) is 3.28. The first-order chi connectivity index (χ1) is 12.3. The van der Waals surface area contributed by atoms with E-state index in [2.05, 4.69) is 12.6 Å². The predicted molar refractivity (Wildman–Crippen MR) is 105 cm³/mol. The Hall–Kier alpha value is -1.92. The van der Waals surface area contributed by atoms with E-state index in [1.54, 1.807) is 45.6 Å². The molecule has 6 nitrogen and oxygen atoms in total. The highest BCUT2D eigenvalue weighted by atomic mass is 32.1. The Labute approximate surface area is 158 Å². The van der Waals surface area contributed by atoms with Crippen LogP contribution in [0.4, 0.5) is 0 Å². The zero-order valence-corrected chi connectivity index (χ0v) is 16.4. The molecular weight excluding hydrogens is 375 g/mol. The number of rotatable bonds is 7. The van der Waals surface area contributed by atoms with Crippen LogP contribution < -0.4 is 19.5 Å². The van der Waals surface area contributed by atoms with Crippen molar-refractivity contribution in [2.24, 2.45) is 0 Å². The van der Waals surface area contributed by atoms with Crippen molar-refractivity contribution in [2.45, 2.75) is 5.25 Å². The van der Waals surface area contributed by atoms with Crippen molar-refractivity contribution < 1.29 is 28.6 Å². The van der Waals surface area contributed by atoms with Gasteiger partial charge in [-0.15, -0.1) is 0 Å². The zero-order chi connectivity index (χ0) is 19.3. The minimum Gasteiger partial charge on any atom is -0.496 e. The fraction of sp³-hybridized carbons (Fsp3) is 0.222. The van der Waals surface area contributed by atoms with Crippen LogP contribution in [-0.4, -0.2) is 31.1 Å². The van der Waals surface area contributed by atoms with Crippen LogP contribution in [0.3, 0.4) is 0 Å². The van der Waals surface area contributed by atoms with E-state index in [4.69, 9.17) is 24.0 Å². The first kappa shape index (κ1) is 20.4. The van der Waals surface area contributed by atoms with Gasteiger partial charge in [0.05, 0.1) is 37.4 Å². The largest absolute Gasteiger partial charge is 0.496 e. The van der Waals surface area contributed by atoms with Crippen LogP contribution in [0.15, 0.2) is 42.5 Å². The molecule has 0 saturated heterocycles. The summed E-state index contributed by atoms with van der Waals surface area (Å²) in [5.41, 5.74) is 1.54. The Bertz CT molecular complexity index is 803. The van der Waals surface area contributed by atoms with Crippen molar-refractivity contribution in [2.75, 3.05) is 21.3 Å².